The predicted molar refractivity (Wildman–Crippen MR) is 144 cm³/mol. The van der Waals surface area contributed by atoms with Gasteiger partial charge in [-0.2, -0.15) is 10.2 Å². The summed E-state index contributed by atoms with van der Waals surface area (Å²) in [5.74, 6) is -1.36. The van der Waals surface area contributed by atoms with Crippen LogP contribution in [0.1, 0.15) is 63.4 Å². The number of fused-ring (bicyclic) bond motifs is 1. The number of nitrogens with two attached hydrogens (primary N) is 1. The van der Waals surface area contributed by atoms with Gasteiger partial charge in [-0.3, -0.25) is 9.89 Å². The van der Waals surface area contributed by atoms with Crippen LogP contribution in [0.2, 0.25) is 0 Å². The van der Waals surface area contributed by atoms with Crippen LogP contribution < -0.4 is 10.6 Å². The van der Waals surface area contributed by atoms with Crippen LogP contribution >= 0.6 is 12.4 Å². The number of carboxylic acids is 1. The molecule has 4 heterocycles. The number of halogens is 3. The van der Waals surface area contributed by atoms with Crippen LogP contribution in [-0.4, -0.2) is 52.9 Å². The zero-order chi connectivity index (χ0) is 27.2. The highest BCUT2D eigenvalue weighted by Gasteiger charge is 2.43. The lowest BCUT2D eigenvalue weighted by atomic mass is 9.79. The molecule has 39 heavy (non-hydrogen) atoms. The van der Waals surface area contributed by atoms with Crippen LogP contribution in [0, 0.1) is 17.6 Å². The van der Waals surface area contributed by atoms with Gasteiger partial charge in [0, 0.05) is 24.2 Å². The van der Waals surface area contributed by atoms with Crippen molar-refractivity contribution >= 4 is 29.8 Å². The van der Waals surface area contributed by atoms with E-state index in [1.807, 2.05) is 18.7 Å². The molecular weight excluding hydrogens is 530 g/mol. The summed E-state index contributed by atoms with van der Waals surface area (Å²) < 4.78 is 30.1. The third-order valence-electron chi connectivity index (χ3n) is 7.29. The SMILES string of the molecule is CC(C)C[C@@](N)(C(=O)O)[C@H](C)c1nc(-c2cnn3ccc(N4CCC[C@@H]4c4cc(F)ccc4F)nc23)n[nH]1.Cl. The van der Waals surface area contributed by atoms with Crippen LogP contribution in [0.5, 0.6) is 0 Å². The molecule has 1 saturated heterocycles. The molecule has 208 valence electrons. The standard InChI is InChI=1S/C26H30F2N8O2.ClH/c1-14(2)12-26(29,25(37)38)15(3)22-32-23(34-33-22)18-13-30-36-10-8-21(31-24(18)36)35-9-4-5-20(35)17-11-16(27)6-7-19(17)28;/h6-8,10-11,13-15,20H,4-5,9,12,29H2,1-3H3,(H,37,38)(H,32,33,34);1H/t15-,20-,26+;/m1./s1. The molecule has 5 rings (SSSR count). The van der Waals surface area contributed by atoms with Crippen LogP contribution in [0.15, 0.2) is 36.7 Å². The second-order valence-corrected chi connectivity index (χ2v) is 10.3. The van der Waals surface area contributed by atoms with Crippen LogP contribution in [0.3, 0.4) is 0 Å². The Morgan fingerprint density at radius 2 is 2.03 bits per heavy atom. The van der Waals surface area contributed by atoms with Crippen molar-refractivity contribution in [2.45, 2.75) is 57.5 Å². The molecule has 0 amide bonds. The third kappa shape index (κ3) is 5.18. The van der Waals surface area contributed by atoms with E-state index in [0.29, 0.717) is 47.2 Å². The van der Waals surface area contributed by atoms with E-state index < -0.39 is 29.1 Å². The topological polar surface area (TPSA) is 138 Å². The molecule has 4 N–H and O–H groups in total. The van der Waals surface area contributed by atoms with Crippen molar-refractivity contribution in [1.82, 2.24) is 29.8 Å². The normalized spacial score (nSPS) is 17.8. The molecular formula is C26H31ClF2N8O2. The average molecular weight is 561 g/mol. The lowest BCUT2D eigenvalue weighted by Crippen LogP contribution is -2.53. The molecule has 3 atom stereocenters. The van der Waals surface area contributed by atoms with Gasteiger partial charge in [0.15, 0.2) is 11.5 Å². The number of aliphatic carboxylic acids is 1. The lowest BCUT2D eigenvalue weighted by molar-refractivity contribution is -0.145. The Labute approximate surface area is 230 Å². The zero-order valence-corrected chi connectivity index (χ0v) is 22.6. The summed E-state index contributed by atoms with van der Waals surface area (Å²) in [5, 5.41) is 21.4. The Balaban J connectivity index is 0.00000353. The van der Waals surface area contributed by atoms with Crippen LogP contribution in [-0.2, 0) is 4.79 Å². The van der Waals surface area contributed by atoms with Gasteiger partial charge in [0.05, 0.1) is 17.8 Å². The fourth-order valence-corrected chi connectivity index (χ4v) is 5.27. The summed E-state index contributed by atoms with van der Waals surface area (Å²) in [7, 11) is 0. The van der Waals surface area contributed by atoms with E-state index in [9.17, 15) is 18.7 Å². The van der Waals surface area contributed by atoms with E-state index in [0.717, 1.165) is 18.6 Å². The number of rotatable bonds is 8. The molecule has 3 aromatic heterocycles. The van der Waals surface area contributed by atoms with Crippen molar-refractivity contribution in [2.75, 3.05) is 11.4 Å². The monoisotopic (exact) mass is 560 g/mol. The Morgan fingerprint density at radius 3 is 2.74 bits per heavy atom. The number of aromatic amines is 1. The van der Waals surface area contributed by atoms with Gasteiger partial charge >= 0.3 is 5.97 Å². The maximum atomic E-state index is 14.6. The second kappa shape index (κ2) is 10.9. The predicted octanol–water partition coefficient (Wildman–Crippen LogP) is 4.49. The molecule has 10 nitrogen and oxygen atoms in total. The Kier molecular flexibility index (Phi) is 7.89. The molecule has 0 bridgehead atoms. The Hall–Kier alpha value is -3.64. The van der Waals surface area contributed by atoms with Gasteiger partial charge in [0.2, 0.25) is 0 Å². The molecule has 0 radical (unpaired) electrons. The van der Waals surface area contributed by atoms with Gasteiger partial charge in [0.25, 0.3) is 0 Å². The van der Waals surface area contributed by atoms with Crippen molar-refractivity contribution < 1.29 is 18.7 Å². The fourth-order valence-electron chi connectivity index (χ4n) is 5.27. The maximum Gasteiger partial charge on any atom is 0.324 e. The number of carboxylic acid groups (broad SMARTS) is 1. The number of H-pyrrole nitrogens is 1. The van der Waals surface area contributed by atoms with E-state index in [-0.39, 0.29) is 30.8 Å². The first-order chi connectivity index (χ1) is 18.1. The average Bonchev–Trinajstić information content (AvgIpc) is 3.63. The number of nitrogens with zero attached hydrogens (tertiary/aromatic N) is 6. The molecule has 0 saturated carbocycles. The summed E-state index contributed by atoms with van der Waals surface area (Å²) in [6, 6.07) is 4.94. The molecule has 13 heteroatoms. The van der Waals surface area contributed by atoms with Crippen molar-refractivity contribution in [2.24, 2.45) is 11.7 Å². The molecule has 0 aliphatic carbocycles. The van der Waals surface area contributed by atoms with E-state index in [2.05, 4.69) is 20.3 Å². The van der Waals surface area contributed by atoms with Gasteiger partial charge in [0.1, 0.15) is 28.8 Å². The Morgan fingerprint density at radius 1 is 1.26 bits per heavy atom. The number of hydrogen-bond acceptors (Lipinski definition) is 7. The largest absolute Gasteiger partial charge is 0.480 e. The van der Waals surface area contributed by atoms with Crippen molar-refractivity contribution in [3.05, 3.63) is 59.7 Å². The van der Waals surface area contributed by atoms with Crippen molar-refractivity contribution in [3.8, 4) is 11.4 Å². The first-order valence-electron chi connectivity index (χ1n) is 12.6. The minimum atomic E-state index is -1.52. The van der Waals surface area contributed by atoms with Crippen LogP contribution in [0.4, 0.5) is 14.6 Å². The smallest absolute Gasteiger partial charge is 0.324 e. The lowest BCUT2D eigenvalue weighted by Gasteiger charge is -2.31. The van der Waals surface area contributed by atoms with E-state index in [1.165, 1.54) is 6.07 Å². The van der Waals surface area contributed by atoms with E-state index in [4.69, 9.17) is 10.7 Å². The molecule has 1 fully saturated rings. The number of benzene rings is 1. The zero-order valence-electron chi connectivity index (χ0n) is 21.8. The minimum Gasteiger partial charge on any atom is -0.480 e. The van der Waals surface area contributed by atoms with Crippen molar-refractivity contribution in [3.63, 3.8) is 0 Å². The summed E-state index contributed by atoms with van der Waals surface area (Å²) in [4.78, 5) is 23.4. The number of nitrogens with one attached hydrogen (secondary N) is 1. The van der Waals surface area contributed by atoms with Gasteiger partial charge in [-0.15, -0.1) is 12.4 Å². The number of hydrogen-bond donors (Lipinski definition) is 3. The first kappa shape index (κ1) is 28.4. The quantitative estimate of drug-likeness (QED) is 0.286. The molecule has 4 aromatic rings. The first-order valence-corrected chi connectivity index (χ1v) is 12.6. The number of anilines is 1. The van der Waals surface area contributed by atoms with Gasteiger partial charge in [-0.05, 0) is 49.4 Å². The molecule has 0 spiro atoms. The highest BCUT2D eigenvalue weighted by atomic mass is 35.5. The van der Waals surface area contributed by atoms with E-state index in [1.54, 1.807) is 29.9 Å². The second-order valence-electron chi connectivity index (χ2n) is 10.3. The van der Waals surface area contributed by atoms with E-state index >= 15 is 0 Å². The Bertz CT molecular complexity index is 1490. The summed E-state index contributed by atoms with van der Waals surface area (Å²) in [5.41, 5.74) is 6.13. The van der Waals surface area contributed by atoms with Gasteiger partial charge < -0.3 is 15.7 Å². The highest BCUT2D eigenvalue weighted by Crippen LogP contribution is 2.37. The highest BCUT2D eigenvalue weighted by molar-refractivity contribution is 5.85. The molecule has 0 unspecified atom stereocenters. The third-order valence-corrected chi connectivity index (χ3v) is 7.29. The number of carbonyl (C=O) groups is 1. The minimum absolute atomic E-state index is 0. The van der Waals surface area contributed by atoms with Crippen LogP contribution in [0.25, 0.3) is 17.0 Å². The fraction of sp³-hybridized carbons (Fsp3) is 0.423. The maximum absolute atomic E-state index is 14.6. The summed E-state index contributed by atoms with van der Waals surface area (Å²) in [6.45, 7) is 6.18. The van der Waals surface area contributed by atoms with Gasteiger partial charge in [-0.25, -0.2) is 23.3 Å². The number of aromatic nitrogens is 6. The van der Waals surface area contributed by atoms with Crippen molar-refractivity contribution in [1.29, 1.82) is 0 Å². The molecule has 1 aromatic carbocycles. The summed E-state index contributed by atoms with van der Waals surface area (Å²) >= 11 is 0. The molecule has 1 aliphatic heterocycles. The summed E-state index contributed by atoms with van der Waals surface area (Å²) in [6.07, 6.45) is 5.07. The van der Waals surface area contributed by atoms with Gasteiger partial charge in [-0.1, -0.05) is 20.8 Å². The molecule has 1 aliphatic rings.